The van der Waals surface area contributed by atoms with Crippen LogP contribution in [0.2, 0.25) is 0 Å². The van der Waals surface area contributed by atoms with Crippen molar-refractivity contribution in [1.82, 2.24) is 5.32 Å². The molecule has 0 saturated carbocycles. The second-order valence-electron chi connectivity index (χ2n) is 9.11. The van der Waals surface area contributed by atoms with Gasteiger partial charge < -0.3 is 10.1 Å². The van der Waals surface area contributed by atoms with Crippen LogP contribution in [-0.2, 0) is 27.7 Å². The van der Waals surface area contributed by atoms with Crippen molar-refractivity contribution in [3.05, 3.63) is 89.5 Å². The zero-order valence-electron chi connectivity index (χ0n) is 20.4. The normalized spacial score (nSPS) is 14.9. The quantitative estimate of drug-likeness (QED) is 0.457. The van der Waals surface area contributed by atoms with Crippen molar-refractivity contribution in [2.45, 2.75) is 51.6 Å². The second-order valence-corrected chi connectivity index (χ2v) is 11.0. The third-order valence-corrected chi connectivity index (χ3v) is 7.63. The van der Waals surface area contributed by atoms with E-state index in [1.807, 2.05) is 37.3 Å². The fourth-order valence-electron chi connectivity index (χ4n) is 4.53. The summed E-state index contributed by atoms with van der Waals surface area (Å²) in [5.74, 6) is 0.904. The van der Waals surface area contributed by atoms with Crippen molar-refractivity contribution in [2.75, 3.05) is 10.6 Å². The van der Waals surface area contributed by atoms with Gasteiger partial charge in [0.2, 0.25) is 15.9 Å². The fraction of sp³-hybridized carbons (Fsp3) is 0.321. The first-order valence-corrected chi connectivity index (χ1v) is 13.8. The van der Waals surface area contributed by atoms with Gasteiger partial charge in [-0.3, -0.25) is 9.10 Å². The number of fused-ring (bicyclic) bond motifs is 1. The number of sulfonamides is 1. The Morgan fingerprint density at radius 3 is 2.17 bits per heavy atom. The number of hydrogen-bond donors (Lipinski definition) is 1. The number of nitrogens with one attached hydrogen (secondary N) is 1. The van der Waals surface area contributed by atoms with Gasteiger partial charge >= 0.3 is 0 Å². The molecule has 0 aliphatic heterocycles. The van der Waals surface area contributed by atoms with E-state index in [2.05, 4.69) is 23.5 Å². The summed E-state index contributed by atoms with van der Waals surface area (Å²) in [6.45, 7) is 3.53. The van der Waals surface area contributed by atoms with Gasteiger partial charge in [0.05, 0.1) is 18.0 Å². The number of aryl methyl sites for hydroxylation is 2. The topological polar surface area (TPSA) is 75.7 Å². The molecule has 1 N–H and O–H groups in total. The van der Waals surface area contributed by atoms with E-state index in [1.54, 1.807) is 31.2 Å². The Labute approximate surface area is 208 Å². The molecular formula is C28H32N2O4S. The Hall–Kier alpha value is -3.32. The maximum Gasteiger partial charge on any atom is 0.244 e. The van der Waals surface area contributed by atoms with E-state index in [-0.39, 0.29) is 11.9 Å². The fourth-order valence-corrected chi connectivity index (χ4v) is 5.71. The minimum Gasteiger partial charge on any atom is -0.457 e. The maximum atomic E-state index is 13.1. The predicted molar refractivity (Wildman–Crippen MR) is 139 cm³/mol. The lowest BCUT2D eigenvalue weighted by atomic mass is 9.89. The summed E-state index contributed by atoms with van der Waals surface area (Å²) in [6.07, 6.45) is 5.68. The van der Waals surface area contributed by atoms with Crippen molar-refractivity contribution in [1.29, 1.82) is 0 Å². The lowest BCUT2D eigenvalue weighted by Crippen LogP contribution is -2.48. The van der Waals surface area contributed by atoms with Gasteiger partial charge in [0.25, 0.3) is 0 Å². The molecule has 0 heterocycles. The van der Waals surface area contributed by atoms with E-state index in [9.17, 15) is 13.2 Å². The van der Waals surface area contributed by atoms with Crippen LogP contribution in [0.4, 0.5) is 5.69 Å². The summed E-state index contributed by atoms with van der Waals surface area (Å²) in [5, 5.41) is 3.00. The SMILES string of the molecule is C[C@H](C(=O)N[C@H](C)c1ccc2c(c1)CCCC2)N(c1ccc(Oc2ccccc2)cc1)S(C)(=O)=O. The Bertz CT molecular complexity index is 1270. The first-order chi connectivity index (χ1) is 16.7. The summed E-state index contributed by atoms with van der Waals surface area (Å²) >= 11 is 0. The largest absolute Gasteiger partial charge is 0.457 e. The Morgan fingerprint density at radius 1 is 0.886 bits per heavy atom. The minimum absolute atomic E-state index is 0.236. The molecule has 0 saturated heterocycles. The van der Waals surface area contributed by atoms with E-state index >= 15 is 0 Å². The molecule has 0 unspecified atom stereocenters. The molecule has 0 fully saturated rings. The van der Waals surface area contributed by atoms with Crippen LogP contribution in [0.3, 0.4) is 0 Å². The monoisotopic (exact) mass is 492 g/mol. The molecule has 0 radical (unpaired) electrons. The number of hydrogen-bond acceptors (Lipinski definition) is 4. The van der Waals surface area contributed by atoms with Gasteiger partial charge in [-0.05, 0) is 92.6 Å². The average Bonchev–Trinajstić information content (AvgIpc) is 2.84. The Morgan fingerprint density at radius 2 is 1.51 bits per heavy atom. The van der Waals surface area contributed by atoms with Crippen LogP contribution >= 0.6 is 0 Å². The zero-order chi connectivity index (χ0) is 25.0. The molecule has 6 nitrogen and oxygen atoms in total. The van der Waals surface area contributed by atoms with Crippen LogP contribution in [0, 0.1) is 0 Å². The molecule has 1 aliphatic carbocycles. The molecule has 3 aromatic carbocycles. The molecule has 2 atom stereocenters. The Kier molecular flexibility index (Phi) is 7.45. The third-order valence-electron chi connectivity index (χ3n) is 6.39. The molecular weight excluding hydrogens is 460 g/mol. The highest BCUT2D eigenvalue weighted by molar-refractivity contribution is 7.92. The maximum absolute atomic E-state index is 13.1. The number of amides is 1. The van der Waals surface area contributed by atoms with Crippen LogP contribution in [0.25, 0.3) is 0 Å². The summed E-state index contributed by atoms with van der Waals surface area (Å²) < 4.78 is 32.3. The number of nitrogens with zero attached hydrogens (tertiary/aromatic N) is 1. The highest BCUT2D eigenvalue weighted by atomic mass is 32.2. The van der Waals surface area contributed by atoms with Gasteiger partial charge in [0, 0.05) is 0 Å². The highest BCUT2D eigenvalue weighted by Gasteiger charge is 2.30. The smallest absolute Gasteiger partial charge is 0.244 e. The summed E-state index contributed by atoms with van der Waals surface area (Å²) in [6, 6.07) is 21.2. The average molecular weight is 493 g/mol. The Balaban J connectivity index is 1.48. The molecule has 0 spiro atoms. The number of rotatable bonds is 8. The molecule has 1 amide bonds. The molecule has 3 aromatic rings. The van der Waals surface area contributed by atoms with Crippen molar-refractivity contribution in [3.63, 3.8) is 0 Å². The molecule has 7 heteroatoms. The van der Waals surface area contributed by atoms with Crippen molar-refractivity contribution in [2.24, 2.45) is 0 Å². The van der Waals surface area contributed by atoms with Gasteiger partial charge in [-0.15, -0.1) is 0 Å². The number of carbonyl (C=O) groups is 1. The first-order valence-electron chi connectivity index (χ1n) is 12.0. The molecule has 0 aromatic heterocycles. The van der Waals surface area contributed by atoms with Crippen LogP contribution in [0.15, 0.2) is 72.8 Å². The van der Waals surface area contributed by atoms with Gasteiger partial charge in [0.15, 0.2) is 0 Å². The number of para-hydroxylation sites is 1. The minimum atomic E-state index is -3.71. The number of benzene rings is 3. The van der Waals surface area contributed by atoms with Gasteiger partial charge in [-0.1, -0.05) is 36.4 Å². The molecule has 35 heavy (non-hydrogen) atoms. The standard InChI is InChI=1S/C28H32N2O4S/c1-20(23-14-13-22-9-7-8-10-24(22)19-23)29-28(31)21(2)30(35(3,32)33)25-15-17-27(18-16-25)34-26-11-5-4-6-12-26/h4-6,11-21H,7-10H2,1-3H3,(H,29,31)/t20-,21-/m1/s1. The summed E-state index contributed by atoms with van der Waals surface area (Å²) in [5.41, 5.74) is 4.16. The van der Waals surface area contributed by atoms with Crippen LogP contribution in [0.1, 0.15) is 49.4 Å². The van der Waals surface area contributed by atoms with E-state index in [0.29, 0.717) is 17.2 Å². The number of carbonyl (C=O) groups excluding carboxylic acids is 1. The molecule has 0 bridgehead atoms. The first kappa shape index (κ1) is 24.8. The van der Waals surface area contributed by atoms with E-state index < -0.39 is 16.1 Å². The molecule has 184 valence electrons. The van der Waals surface area contributed by atoms with Crippen LogP contribution < -0.4 is 14.4 Å². The third kappa shape index (κ3) is 6.03. The lowest BCUT2D eigenvalue weighted by Gasteiger charge is -2.29. The van der Waals surface area contributed by atoms with Gasteiger partial charge in [-0.2, -0.15) is 0 Å². The van der Waals surface area contributed by atoms with E-state index in [1.165, 1.54) is 24.0 Å². The highest BCUT2D eigenvalue weighted by Crippen LogP contribution is 2.28. The second kappa shape index (κ2) is 10.5. The lowest BCUT2D eigenvalue weighted by molar-refractivity contribution is -0.122. The zero-order valence-corrected chi connectivity index (χ0v) is 21.2. The predicted octanol–water partition coefficient (Wildman–Crippen LogP) is 5.39. The van der Waals surface area contributed by atoms with E-state index in [0.717, 1.165) is 29.0 Å². The summed E-state index contributed by atoms with van der Waals surface area (Å²) in [7, 11) is -3.71. The van der Waals surface area contributed by atoms with Crippen molar-refractivity contribution in [3.8, 4) is 11.5 Å². The van der Waals surface area contributed by atoms with Gasteiger partial charge in [-0.25, -0.2) is 8.42 Å². The van der Waals surface area contributed by atoms with Gasteiger partial charge in [0.1, 0.15) is 17.5 Å². The van der Waals surface area contributed by atoms with Crippen molar-refractivity contribution >= 4 is 21.6 Å². The molecule has 4 rings (SSSR count). The molecule has 1 aliphatic rings. The van der Waals surface area contributed by atoms with Crippen LogP contribution in [0.5, 0.6) is 11.5 Å². The number of anilines is 1. The summed E-state index contributed by atoms with van der Waals surface area (Å²) in [4.78, 5) is 13.1. The number of ether oxygens (including phenoxy) is 1. The van der Waals surface area contributed by atoms with Crippen molar-refractivity contribution < 1.29 is 17.9 Å². The van der Waals surface area contributed by atoms with E-state index in [4.69, 9.17) is 4.74 Å². The van der Waals surface area contributed by atoms with Crippen LogP contribution in [-0.4, -0.2) is 26.6 Å².